The molecule has 2 heteroatoms. The number of nitrogens with one attached hydrogen (secondary N) is 1. The van der Waals surface area contributed by atoms with E-state index in [1.165, 1.54) is 16.8 Å². The van der Waals surface area contributed by atoms with Crippen LogP contribution in [0, 0.1) is 0 Å². The van der Waals surface area contributed by atoms with Crippen molar-refractivity contribution in [1.29, 1.82) is 0 Å². The van der Waals surface area contributed by atoms with Crippen LogP contribution < -0.4 is 5.32 Å². The average molecular weight is 306 g/mol. The van der Waals surface area contributed by atoms with Crippen LogP contribution in [0.1, 0.15) is 45.7 Å². The van der Waals surface area contributed by atoms with Crippen LogP contribution in [0.4, 0.5) is 11.4 Å². The first kappa shape index (κ1) is 15.8. The van der Waals surface area contributed by atoms with E-state index < -0.39 is 0 Å². The molecule has 2 heterocycles. The SMILES string of the molecule is CC1(C)C=Nc2ccccc21.CC1Nc2ccccc2C1(C)C. The average Bonchev–Trinajstić information content (AvgIpc) is 2.96. The lowest BCUT2D eigenvalue weighted by Gasteiger charge is -2.23. The number of para-hydroxylation sites is 2. The third kappa shape index (κ3) is 2.78. The lowest BCUT2D eigenvalue weighted by atomic mass is 9.81. The Balaban J connectivity index is 0.000000136. The van der Waals surface area contributed by atoms with Crippen molar-refractivity contribution >= 4 is 17.6 Å². The van der Waals surface area contributed by atoms with E-state index in [1.54, 1.807) is 0 Å². The van der Waals surface area contributed by atoms with Gasteiger partial charge in [0, 0.05) is 28.8 Å². The van der Waals surface area contributed by atoms with Crippen LogP contribution in [-0.4, -0.2) is 12.3 Å². The molecule has 0 aliphatic carbocycles. The van der Waals surface area contributed by atoms with Gasteiger partial charge in [-0.2, -0.15) is 0 Å². The van der Waals surface area contributed by atoms with Crippen molar-refractivity contribution in [2.24, 2.45) is 4.99 Å². The van der Waals surface area contributed by atoms with Crippen LogP contribution in [0.2, 0.25) is 0 Å². The standard InChI is InChI=1S/C11H15N.C10H11N/c1-8-11(2,3)9-6-4-5-7-10(9)12-8;1-10(2)7-11-9-6-4-3-5-8(9)10/h4-8,12H,1-3H3;3-7H,1-2H3. The Labute approximate surface area is 139 Å². The van der Waals surface area contributed by atoms with Gasteiger partial charge in [-0.05, 0) is 30.2 Å². The number of hydrogen-bond donors (Lipinski definition) is 1. The molecule has 2 nitrogen and oxygen atoms in total. The summed E-state index contributed by atoms with van der Waals surface area (Å²) in [6.45, 7) is 11.2. The number of rotatable bonds is 0. The van der Waals surface area contributed by atoms with E-state index in [0.717, 1.165) is 5.69 Å². The summed E-state index contributed by atoms with van der Waals surface area (Å²) in [6.07, 6.45) is 2.01. The van der Waals surface area contributed by atoms with E-state index in [1.807, 2.05) is 12.3 Å². The van der Waals surface area contributed by atoms with Gasteiger partial charge in [-0.25, -0.2) is 0 Å². The molecular weight excluding hydrogens is 280 g/mol. The number of aliphatic imine (C=N–C) groups is 1. The van der Waals surface area contributed by atoms with Gasteiger partial charge in [0.15, 0.2) is 0 Å². The van der Waals surface area contributed by atoms with Gasteiger partial charge in [-0.15, -0.1) is 0 Å². The summed E-state index contributed by atoms with van der Waals surface area (Å²) in [5.74, 6) is 0. The van der Waals surface area contributed by atoms with Gasteiger partial charge in [-0.3, -0.25) is 4.99 Å². The van der Waals surface area contributed by atoms with Crippen LogP contribution >= 0.6 is 0 Å². The summed E-state index contributed by atoms with van der Waals surface area (Å²) in [4.78, 5) is 4.33. The van der Waals surface area contributed by atoms with Crippen molar-refractivity contribution in [1.82, 2.24) is 0 Å². The van der Waals surface area contributed by atoms with E-state index >= 15 is 0 Å². The van der Waals surface area contributed by atoms with E-state index in [2.05, 4.69) is 87.4 Å². The normalized spacial score (nSPS) is 21.7. The van der Waals surface area contributed by atoms with Gasteiger partial charge in [0.25, 0.3) is 0 Å². The molecule has 0 aromatic heterocycles. The molecule has 0 amide bonds. The second-order valence-corrected chi connectivity index (χ2v) is 7.63. The van der Waals surface area contributed by atoms with Gasteiger partial charge in [-0.1, -0.05) is 64.1 Å². The molecule has 1 N–H and O–H groups in total. The highest BCUT2D eigenvalue weighted by Crippen LogP contribution is 2.40. The molecule has 0 bridgehead atoms. The highest BCUT2D eigenvalue weighted by atomic mass is 15.0. The monoisotopic (exact) mass is 306 g/mol. The third-order valence-corrected chi connectivity index (χ3v) is 5.20. The molecule has 2 aromatic carbocycles. The van der Waals surface area contributed by atoms with Gasteiger partial charge in [0.05, 0.1) is 5.69 Å². The smallest absolute Gasteiger partial charge is 0.0667 e. The Morgan fingerprint density at radius 3 is 2.13 bits per heavy atom. The van der Waals surface area contributed by atoms with Crippen molar-refractivity contribution in [3.63, 3.8) is 0 Å². The first-order valence-corrected chi connectivity index (χ1v) is 8.33. The largest absolute Gasteiger partial charge is 0.381 e. The maximum atomic E-state index is 4.33. The fourth-order valence-corrected chi connectivity index (χ4v) is 3.25. The number of benzene rings is 2. The molecule has 0 spiro atoms. The van der Waals surface area contributed by atoms with Gasteiger partial charge in [0.1, 0.15) is 0 Å². The molecule has 0 saturated carbocycles. The molecule has 23 heavy (non-hydrogen) atoms. The maximum Gasteiger partial charge on any atom is 0.0667 e. The van der Waals surface area contributed by atoms with E-state index in [-0.39, 0.29) is 10.8 Å². The topological polar surface area (TPSA) is 24.4 Å². The van der Waals surface area contributed by atoms with Crippen molar-refractivity contribution in [2.45, 2.75) is 51.5 Å². The van der Waals surface area contributed by atoms with E-state index in [4.69, 9.17) is 0 Å². The molecule has 2 aliphatic rings. The summed E-state index contributed by atoms with van der Waals surface area (Å²) in [5.41, 5.74) is 5.61. The van der Waals surface area contributed by atoms with Gasteiger partial charge < -0.3 is 5.32 Å². The molecule has 1 unspecified atom stereocenters. The summed E-state index contributed by atoms with van der Waals surface area (Å²) in [7, 11) is 0. The predicted molar refractivity (Wildman–Crippen MR) is 100 cm³/mol. The van der Waals surface area contributed by atoms with Crippen molar-refractivity contribution in [3.8, 4) is 0 Å². The Morgan fingerprint density at radius 1 is 0.870 bits per heavy atom. The second-order valence-electron chi connectivity index (χ2n) is 7.63. The third-order valence-electron chi connectivity index (χ3n) is 5.20. The summed E-state index contributed by atoms with van der Waals surface area (Å²) >= 11 is 0. The minimum absolute atomic E-state index is 0.136. The summed E-state index contributed by atoms with van der Waals surface area (Å²) in [6, 6.07) is 17.4. The van der Waals surface area contributed by atoms with Crippen molar-refractivity contribution < 1.29 is 0 Å². The van der Waals surface area contributed by atoms with Crippen molar-refractivity contribution in [2.75, 3.05) is 5.32 Å². The molecule has 2 aromatic rings. The number of fused-ring (bicyclic) bond motifs is 2. The first-order chi connectivity index (χ1) is 10.8. The lowest BCUT2D eigenvalue weighted by Crippen LogP contribution is -2.29. The maximum absolute atomic E-state index is 4.33. The summed E-state index contributed by atoms with van der Waals surface area (Å²) in [5, 5.41) is 3.49. The molecule has 1 atom stereocenters. The fourth-order valence-electron chi connectivity index (χ4n) is 3.25. The zero-order valence-electron chi connectivity index (χ0n) is 14.7. The molecule has 0 saturated heterocycles. The second kappa shape index (κ2) is 5.52. The van der Waals surface area contributed by atoms with Crippen molar-refractivity contribution in [3.05, 3.63) is 59.7 Å². The highest BCUT2D eigenvalue weighted by Gasteiger charge is 2.35. The van der Waals surface area contributed by atoms with E-state index in [0.29, 0.717) is 6.04 Å². The van der Waals surface area contributed by atoms with Crippen LogP contribution in [0.15, 0.2) is 53.5 Å². The quantitative estimate of drug-likeness (QED) is 0.687. The predicted octanol–water partition coefficient (Wildman–Crippen LogP) is 5.46. The molecule has 0 fully saturated rings. The van der Waals surface area contributed by atoms with Gasteiger partial charge in [0.2, 0.25) is 0 Å². The minimum atomic E-state index is 0.136. The highest BCUT2D eigenvalue weighted by molar-refractivity contribution is 5.84. The molecule has 0 radical (unpaired) electrons. The molecule has 2 aliphatic heterocycles. The van der Waals surface area contributed by atoms with Gasteiger partial charge >= 0.3 is 0 Å². The zero-order valence-corrected chi connectivity index (χ0v) is 14.7. The Bertz CT molecular complexity index is 741. The van der Waals surface area contributed by atoms with Crippen LogP contribution in [0.25, 0.3) is 0 Å². The first-order valence-electron chi connectivity index (χ1n) is 8.33. The number of nitrogens with zero attached hydrogens (tertiary/aromatic N) is 1. The fraction of sp³-hybridized carbons (Fsp3) is 0.381. The van der Waals surface area contributed by atoms with Crippen LogP contribution in [0.3, 0.4) is 0 Å². The van der Waals surface area contributed by atoms with Crippen LogP contribution in [0.5, 0.6) is 0 Å². The Hall–Kier alpha value is -2.09. The van der Waals surface area contributed by atoms with E-state index in [9.17, 15) is 0 Å². The number of hydrogen-bond acceptors (Lipinski definition) is 2. The zero-order chi connectivity index (χ0) is 16.7. The Kier molecular flexibility index (Phi) is 3.79. The van der Waals surface area contributed by atoms with Crippen LogP contribution in [-0.2, 0) is 10.8 Å². The lowest BCUT2D eigenvalue weighted by molar-refractivity contribution is 0.486. The Morgan fingerprint density at radius 2 is 1.48 bits per heavy atom. The molecule has 120 valence electrons. The molecular formula is C21H26N2. The summed E-state index contributed by atoms with van der Waals surface area (Å²) < 4.78 is 0. The molecule has 4 rings (SSSR count). The minimum Gasteiger partial charge on any atom is -0.381 e. The number of anilines is 1.